The first-order valence-corrected chi connectivity index (χ1v) is 21.4. The Morgan fingerprint density at radius 1 is 0.560 bits per heavy atom. The van der Waals surface area contributed by atoms with Crippen LogP contribution in [-0.2, 0) is 10.8 Å². The van der Waals surface area contributed by atoms with Crippen LogP contribution in [0.15, 0.2) is 117 Å². The van der Waals surface area contributed by atoms with Crippen LogP contribution in [0.2, 0.25) is 0 Å². The third kappa shape index (κ3) is 1.64. The zero-order valence-electron chi connectivity index (χ0n) is 28.3. The molecule has 0 heteroatoms. The van der Waals surface area contributed by atoms with Crippen molar-refractivity contribution in [3.8, 4) is 0 Å². The van der Waals surface area contributed by atoms with Crippen LogP contribution in [0, 0.1) is 118 Å². The lowest BCUT2D eigenvalue weighted by Gasteiger charge is -2.72. The van der Waals surface area contributed by atoms with Gasteiger partial charge in [0.25, 0.3) is 0 Å². The van der Waals surface area contributed by atoms with Crippen molar-refractivity contribution in [2.75, 3.05) is 0 Å². The molecular formula is C50H40. The Kier molecular flexibility index (Phi) is 2.97. The minimum absolute atomic E-state index is 0.0972. The quantitative estimate of drug-likeness (QED) is 0.252. The molecule has 22 atom stereocenters. The van der Waals surface area contributed by atoms with Gasteiger partial charge in [-0.3, -0.25) is 0 Å². The molecule has 0 saturated heterocycles. The Balaban J connectivity index is 1.06. The van der Waals surface area contributed by atoms with Crippen molar-refractivity contribution in [1.29, 1.82) is 0 Å². The Labute approximate surface area is 293 Å². The Morgan fingerprint density at radius 3 is 2.28 bits per heavy atom. The van der Waals surface area contributed by atoms with E-state index in [2.05, 4.69) is 89.6 Å². The number of allylic oxidation sites excluding steroid dienone is 14. The summed E-state index contributed by atoms with van der Waals surface area (Å²) in [6.45, 7) is 0. The molecule has 22 unspecified atom stereocenters. The highest BCUT2D eigenvalue weighted by Gasteiger charge is 2.90. The molecule has 2 spiro atoms. The number of fused-ring (bicyclic) bond motifs is 5. The van der Waals surface area contributed by atoms with Gasteiger partial charge >= 0.3 is 0 Å². The van der Waals surface area contributed by atoms with Crippen LogP contribution in [0.4, 0.5) is 0 Å². The van der Waals surface area contributed by atoms with E-state index in [-0.39, 0.29) is 10.8 Å². The Hall–Kier alpha value is -3.12. The van der Waals surface area contributed by atoms with E-state index >= 15 is 0 Å². The van der Waals surface area contributed by atoms with E-state index in [0.29, 0.717) is 11.8 Å². The molecule has 0 bridgehead atoms. The summed E-state index contributed by atoms with van der Waals surface area (Å²) in [5, 5.41) is 2.98. The first-order valence-electron chi connectivity index (χ1n) is 21.4. The molecule has 0 N–H and O–H groups in total. The van der Waals surface area contributed by atoms with E-state index in [4.69, 9.17) is 0 Å². The van der Waals surface area contributed by atoms with Gasteiger partial charge in [-0.25, -0.2) is 0 Å². The average Bonchev–Trinajstić information content (AvgIpc) is 3.97. The lowest BCUT2D eigenvalue weighted by atomic mass is 9.29. The molecule has 2 aromatic rings. The molecule has 17 aliphatic rings. The molecule has 50 heavy (non-hydrogen) atoms. The van der Waals surface area contributed by atoms with Crippen LogP contribution in [0.5, 0.6) is 0 Å². The first-order chi connectivity index (χ1) is 24.8. The number of rotatable bonds is 0. The zero-order valence-corrected chi connectivity index (χ0v) is 28.3. The highest BCUT2D eigenvalue weighted by atomic mass is 14.9. The summed E-state index contributed by atoms with van der Waals surface area (Å²) in [6.07, 6.45) is 23.1. The summed E-state index contributed by atoms with van der Waals surface area (Å²) >= 11 is 0. The zero-order chi connectivity index (χ0) is 30.8. The normalized spacial score (nSPS) is 62.9. The van der Waals surface area contributed by atoms with Crippen molar-refractivity contribution >= 4 is 10.8 Å². The molecule has 9 saturated carbocycles. The van der Waals surface area contributed by atoms with Crippen molar-refractivity contribution < 1.29 is 0 Å². The molecule has 0 amide bonds. The number of hydrogen-bond acceptors (Lipinski definition) is 0. The highest BCUT2D eigenvalue weighted by Crippen LogP contribution is 2.94. The van der Waals surface area contributed by atoms with Crippen LogP contribution >= 0.6 is 0 Å². The maximum atomic E-state index is 2.92. The number of benzene rings is 2. The topological polar surface area (TPSA) is 0 Å². The molecule has 19 rings (SSSR count). The lowest BCUT2D eigenvalue weighted by molar-refractivity contribution is -0.127. The molecule has 240 valence electrons. The second-order valence-corrected chi connectivity index (χ2v) is 21.4. The standard InChI is InChI=1S/C50H40/c1-2-4-18-16-30-29(15-17(18)3-1)49-27-13-14-28-26-12-10-24-22-8-6-20-19-5-7-21-23-9-11-25(27)37-35(23)40-33(21)31(19)39-32(20)34(22)41-36(24)38(26)48(50(28,30)49)46-44(41)42(39)43(40)45(46)47(37)49/h1-5,7,9,11,13-16,19-24,31-36,38-39,41-42,44-46,48H,6,8,10,12H2. The van der Waals surface area contributed by atoms with Gasteiger partial charge in [0, 0.05) is 17.3 Å². The van der Waals surface area contributed by atoms with E-state index in [1.165, 1.54) is 23.6 Å². The second-order valence-electron chi connectivity index (χ2n) is 21.4. The fraction of sp³-hybridized carbons (Fsp3) is 0.520. The van der Waals surface area contributed by atoms with Crippen molar-refractivity contribution in [3.63, 3.8) is 0 Å². The molecule has 0 aliphatic heterocycles. The van der Waals surface area contributed by atoms with E-state index in [9.17, 15) is 0 Å². The number of hydrogen-bond donors (Lipinski definition) is 0. The fourth-order valence-corrected chi connectivity index (χ4v) is 22.9. The van der Waals surface area contributed by atoms with Gasteiger partial charge in [-0.1, -0.05) is 77.4 Å². The van der Waals surface area contributed by atoms with E-state index in [1.54, 1.807) is 29.6 Å². The fourth-order valence-electron chi connectivity index (χ4n) is 22.9. The van der Waals surface area contributed by atoms with Gasteiger partial charge in [-0.05, 0) is 194 Å². The van der Waals surface area contributed by atoms with E-state index in [0.717, 1.165) is 107 Å². The van der Waals surface area contributed by atoms with Crippen LogP contribution in [0.3, 0.4) is 0 Å². The van der Waals surface area contributed by atoms with Gasteiger partial charge in [-0.15, -0.1) is 0 Å². The molecule has 9 fully saturated rings. The summed E-state index contributed by atoms with van der Waals surface area (Å²) in [5.74, 6) is 18.5. The highest BCUT2D eigenvalue weighted by molar-refractivity contribution is 5.94. The Bertz CT molecular complexity index is 2560. The predicted octanol–water partition coefficient (Wildman–Crippen LogP) is 9.29. The van der Waals surface area contributed by atoms with Crippen LogP contribution in [0.1, 0.15) is 36.8 Å². The molecule has 0 radical (unpaired) electrons. The summed E-state index contributed by atoms with van der Waals surface area (Å²) < 4.78 is 0. The third-order valence-corrected chi connectivity index (χ3v) is 22.2. The molecule has 0 aromatic heterocycles. The predicted molar refractivity (Wildman–Crippen MR) is 191 cm³/mol. The molecule has 0 heterocycles. The van der Waals surface area contributed by atoms with Gasteiger partial charge in [0.15, 0.2) is 0 Å². The van der Waals surface area contributed by atoms with Crippen LogP contribution in [0.25, 0.3) is 10.8 Å². The molecule has 0 nitrogen and oxygen atoms in total. The van der Waals surface area contributed by atoms with Gasteiger partial charge in [0.2, 0.25) is 0 Å². The Morgan fingerprint density at radius 2 is 1.34 bits per heavy atom. The molecule has 2 aromatic carbocycles. The summed E-state index contributed by atoms with van der Waals surface area (Å²) in [6, 6.07) is 15.0. The van der Waals surface area contributed by atoms with E-state index < -0.39 is 0 Å². The average molecular weight is 641 g/mol. The van der Waals surface area contributed by atoms with Gasteiger partial charge in [0.05, 0.1) is 5.41 Å². The van der Waals surface area contributed by atoms with Crippen LogP contribution < -0.4 is 0 Å². The second kappa shape index (κ2) is 6.32. The van der Waals surface area contributed by atoms with Gasteiger partial charge in [-0.2, -0.15) is 0 Å². The largest absolute Gasteiger partial charge is 0.0845 e. The monoisotopic (exact) mass is 640 g/mol. The summed E-state index contributed by atoms with van der Waals surface area (Å²) in [4.78, 5) is 0. The van der Waals surface area contributed by atoms with Crippen LogP contribution in [-0.4, -0.2) is 0 Å². The first kappa shape index (κ1) is 23.4. The maximum absolute atomic E-state index is 2.92. The lowest BCUT2D eigenvalue weighted by Crippen LogP contribution is -2.71. The summed E-state index contributed by atoms with van der Waals surface area (Å²) in [7, 11) is 0. The van der Waals surface area contributed by atoms with Crippen molar-refractivity contribution in [2.45, 2.75) is 36.5 Å². The smallest absolute Gasteiger partial charge is 0.0572 e. The third-order valence-electron chi connectivity index (χ3n) is 22.2. The van der Waals surface area contributed by atoms with Crippen molar-refractivity contribution in [2.24, 2.45) is 118 Å². The maximum Gasteiger partial charge on any atom is 0.0572 e. The minimum atomic E-state index is 0.0972. The molecule has 17 aliphatic carbocycles. The van der Waals surface area contributed by atoms with Crippen molar-refractivity contribution in [1.82, 2.24) is 0 Å². The van der Waals surface area contributed by atoms with E-state index in [1.807, 2.05) is 22.3 Å². The van der Waals surface area contributed by atoms with Crippen molar-refractivity contribution in [3.05, 3.63) is 129 Å². The summed E-state index contributed by atoms with van der Waals surface area (Å²) in [5.41, 5.74) is 19.6. The minimum Gasteiger partial charge on any atom is -0.0845 e. The SMILES string of the molecule is C1=CC2C3C4=C5C6C7=C3C3C2C=CC2C8CCC9C%10CCC%11=C%12C=CC(=C14)C51c4cc5ccccc5cc4C%121C1C%11C%10C4C9C8C(C7C4C61)C23. The van der Waals surface area contributed by atoms with Gasteiger partial charge < -0.3 is 0 Å². The van der Waals surface area contributed by atoms with Gasteiger partial charge in [0.1, 0.15) is 0 Å². The molecular weight excluding hydrogens is 601 g/mol.